The standard InChI is InChI=1S/C15H25N/c1-11-6-5-7-12(2)15(16)10-14(3,4)13(15)9-8-11/h6,13H,2,5,7-10,16H2,1,3-4H3/b11-6+. The molecule has 0 saturated heterocycles. The van der Waals surface area contributed by atoms with Crippen LogP contribution >= 0.6 is 0 Å². The summed E-state index contributed by atoms with van der Waals surface area (Å²) in [4.78, 5) is 0. The van der Waals surface area contributed by atoms with Crippen LogP contribution in [0, 0.1) is 11.3 Å². The van der Waals surface area contributed by atoms with Gasteiger partial charge in [-0.15, -0.1) is 0 Å². The number of fused-ring (bicyclic) bond motifs is 1. The van der Waals surface area contributed by atoms with Crippen molar-refractivity contribution in [2.45, 2.75) is 58.4 Å². The lowest BCUT2D eigenvalue weighted by Crippen LogP contribution is -2.65. The highest BCUT2D eigenvalue weighted by molar-refractivity contribution is 5.29. The summed E-state index contributed by atoms with van der Waals surface area (Å²) in [7, 11) is 0. The molecule has 0 radical (unpaired) electrons. The van der Waals surface area contributed by atoms with E-state index in [4.69, 9.17) is 5.73 Å². The molecule has 1 fully saturated rings. The van der Waals surface area contributed by atoms with Gasteiger partial charge in [-0.25, -0.2) is 0 Å². The van der Waals surface area contributed by atoms with E-state index < -0.39 is 0 Å². The van der Waals surface area contributed by atoms with E-state index in [1.165, 1.54) is 24.0 Å². The fraction of sp³-hybridized carbons (Fsp3) is 0.733. The molecule has 0 spiro atoms. The molecule has 1 nitrogen and oxygen atoms in total. The first kappa shape index (κ1) is 11.9. The zero-order valence-electron chi connectivity index (χ0n) is 11.0. The van der Waals surface area contributed by atoms with E-state index in [1.807, 2.05) is 0 Å². The number of rotatable bonds is 0. The zero-order valence-corrected chi connectivity index (χ0v) is 11.0. The second kappa shape index (κ2) is 3.73. The largest absolute Gasteiger partial charge is 0.321 e. The Kier molecular flexibility index (Phi) is 2.78. The van der Waals surface area contributed by atoms with Gasteiger partial charge in [-0.05, 0) is 50.4 Å². The van der Waals surface area contributed by atoms with Crippen LogP contribution in [0.25, 0.3) is 0 Å². The SMILES string of the molecule is C=C1CC/C=C(\C)CCC2C(C)(C)CC12N. The van der Waals surface area contributed by atoms with Crippen LogP contribution in [0.5, 0.6) is 0 Å². The monoisotopic (exact) mass is 219 g/mol. The van der Waals surface area contributed by atoms with Crippen LogP contribution in [0.15, 0.2) is 23.8 Å². The molecule has 0 heterocycles. The van der Waals surface area contributed by atoms with Crippen molar-refractivity contribution in [3.05, 3.63) is 23.8 Å². The van der Waals surface area contributed by atoms with Gasteiger partial charge in [0.2, 0.25) is 0 Å². The molecule has 0 amide bonds. The van der Waals surface area contributed by atoms with E-state index in [0.717, 1.165) is 19.3 Å². The van der Waals surface area contributed by atoms with Crippen LogP contribution < -0.4 is 5.73 Å². The molecule has 1 heteroatoms. The van der Waals surface area contributed by atoms with Crippen molar-refractivity contribution in [2.24, 2.45) is 17.1 Å². The summed E-state index contributed by atoms with van der Waals surface area (Å²) >= 11 is 0. The van der Waals surface area contributed by atoms with E-state index in [9.17, 15) is 0 Å². The van der Waals surface area contributed by atoms with E-state index in [0.29, 0.717) is 11.3 Å². The Hall–Kier alpha value is -0.560. The van der Waals surface area contributed by atoms with Crippen molar-refractivity contribution in [1.82, 2.24) is 0 Å². The molecule has 2 rings (SSSR count). The van der Waals surface area contributed by atoms with Gasteiger partial charge in [-0.1, -0.05) is 37.6 Å². The van der Waals surface area contributed by atoms with Crippen molar-refractivity contribution < 1.29 is 0 Å². The van der Waals surface area contributed by atoms with Gasteiger partial charge >= 0.3 is 0 Å². The molecule has 2 atom stereocenters. The lowest BCUT2D eigenvalue weighted by Gasteiger charge is -2.60. The normalized spacial score (nSPS) is 41.9. The molecule has 2 N–H and O–H groups in total. The van der Waals surface area contributed by atoms with Gasteiger partial charge in [-0.3, -0.25) is 0 Å². The Morgan fingerprint density at radius 1 is 1.38 bits per heavy atom. The highest BCUT2D eigenvalue weighted by atomic mass is 14.9. The van der Waals surface area contributed by atoms with E-state index >= 15 is 0 Å². The third-order valence-electron chi connectivity index (χ3n) is 4.74. The molecule has 0 aromatic heterocycles. The van der Waals surface area contributed by atoms with Crippen molar-refractivity contribution in [2.75, 3.05) is 0 Å². The summed E-state index contributed by atoms with van der Waals surface area (Å²) in [5.41, 5.74) is 9.73. The maximum atomic E-state index is 6.59. The van der Waals surface area contributed by atoms with Crippen molar-refractivity contribution >= 4 is 0 Å². The minimum Gasteiger partial charge on any atom is -0.321 e. The summed E-state index contributed by atoms with van der Waals surface area (Å²) in [6.07, 6.45) is 8.11. The minimum atomic E-state index is -0.0675. The Bertz CT molecular complexity index is 337. The number of nitrogens with two attached hydrogens (primary N) is 1. The van der Waals surface area contributed by atoms with E-state index in [2.05, 4.69) is 33.4 Å². The minimum absolute atomic E-state index is 0.0675. The molecule has 2 unspecified atom stereocenters. The number of hydrogen-bond acceptors (Lipinski definition) is 1. The van der Waals surface area contributed by atoms with Crippen molar-refractivity contribution in [3.8, 4) is 0 Å². The van der Waals surface area contributed by atoms with E-state index in [1.54, 1.807) is 0 Å². The molecule has 0 bridgehead atoms. The maximum Gasteiger partial charge on any atom is 0.0405 e. The van der Waals surface area contributed by atoms with Crippen LogP contribution in [-0.2, 0) is 0 Å². The Balaban J connectivity index is 2.23. The fourth-order valence-electron chi connectivity index (χ4n) is 3.79. The first-order chi connectivity index (χ1) is 7.36. The molecular formula is C15H25N. The number of allylic oxidation sites excluding steroid dienone is 2. The summed E-state index contributed by atoms with van der Waals surface area (Å²) in [5.74, 6) is 0.619. The third-order valence-corrected chi connectivity index (χ3v) is 4.74. The number of hydrogen-bond donors (Lipinski definition) is 1. The van der Waals surface area contributed by atoms with Gasteiger partial charge in [0.05, 0.1) is 0 Å². The van der Waals surface area contributed by atoms with Crippen LogP contribution in [0.2, 0.25) is 0 Å². The maximum absolute atomic E-state index is 6.59. The topological polar surface area (TPSA) is 26.0 Å². The van der Waals surface area contributed by atoms with Gasteiger partial charge in [0, 0.05) is 5.54 Å². The molecule has 2 aliphatic carbocycles. The van der Waals surface area contributed by atoms with Gasteiger partial charge in [-0.2, -0.15) is 0 Å². The molecule has 90 valence electrons. The van der Waals surface area contributed by atoms with Crippen LogP contribution in [0.4, 0.5) is 0 Å². The molecular weight excluding hydrogens is 194 g/mol. The van der Waals surface area contributed by atoms with Crippen LogP contribution in [-0.4, -0.2) is 5.54 Å². The molecule has 16 heavy (non-hydrogen) atoms. The van der Waals surface area contributed by atoms with Gasteiger partial charge < -0.3 is 5.73 Å². The molecule has 0 aromatic rings. The lowest BCUT2D eigenvalue weighted by atomic mass is 9.48. The summed E-state index contributed by atoms with van der Waals surface area (Å²) in [6, 6.07) is 0. The Morgan fingerprint density at radius 3 is 2.69 bits per heavy atom. The Morgan fingerprint density at radius 2 is 2.06 bits per heavy atom. The third kappa shape index (κ3) is 1.75. The summed E-state index contributed by atoms with van der Waals surface area (Å²) in [5, 5.41) is 0. The highest BCUT2D eigenvalue weighted by Crippen LogP contribution is 2.57. The average Bonchev–Trinajstić information content (AvgIpc) is 2.18. The lowest BCUT2D eigenvalue weighted by molar-refractivity contribution is -0.0208. The second-order valence-electron chi connectivity index (χ2n) is 6.49. The quantitative estimate of drug-likeness (QED) is 0.616. The smallest absolute Gasteiger partial charge is 0.0405 e. The summed E-state index contributed by atoms with van der Waals surface area (Å²) < 4.78 is 0. The first-order valence-corrected chi connectivity index (χ1v) is 6.49. The van der Waals surface area contributed by atoms with Crippen molar-refractivity contribution in [1.29, 1.82) is 0 Å². The predicted octanol–water partition coefficient (Wildman–Crippen LogP) is 3.81. The molecule has 0 aliphatic heterocycles. The zero-order chi connectivity index (χ0) is 12.0. The van der Waals surface area contributed by atoms with Gasteiger partial charge in [0.15, 0.2) is 0 Å². The van der Waals surface area contributed by atoms with Gasteiger partial charge in [0.1, 0.15) is 0 Å². The van der Waals surface area contributed by atoms with Gasteiger partial charge in [0.25, 0.3) is 0 Å². The van der Waals surface area contributed by atoms with E-state index in [-0.39, 0.29) is 5.54 Å². The molecule has 1 saturated carbocycles. The molecule has 0 aromatic carbocycles. The summed E-state index contributed by atoms with van der Waals surface area (Å²) in [6.45, 7) is 11.2. The first-order valence-electron chi connectivity index (χ1n) is 6.49. The average molecular weight is 219 g/mol. The predicted molar refractivity (Wildman–Crippen MR) is 70.2 cm³/mol. The fourth-order valence-corrected chi connectivity index (χ4v) is 3.79. The molecule has 2 aliphatic rings. The highest BCUT2D eigenvalue weighted by Gasteiger charge is 2.56. The Labute approximate surface area is 99.8 Å². The van der Waals surface area contributed by atoms with Crippen LogP contribution in [0.1, 0.15) is 52.9 Å². The van der Waals surface area contributed by atoms with Crippen LogP contribution in [0.3, 0.4) is 0 Å². The second-order valence-corrected chi connectivity index (χ2v) is 6.49. The van der Waals surface area contributed by atoms with Crippen molar-refractivity contribution in [3.63, 3.8) is 0 Å².